The van der Waals surface area contributed by atoms with E-state index >= 15 is 0 Å². The van der Waals surface area contributed by atoms with E-state index in [1.807, 2.05) is 6.07 Å². The standard InChI is InChI=1S/C11H15N3O2/c1-11(2,3)10(15)16-14-9(12)8-6-4-5-7-13-8/h4-7H,1-3H3,(H2,12,14)/p+1. The molecule has 3 N–H and O–H groups in total. The zero-order valence-electron chi connectivity index (χ0n) is 9.65. The molecule has 0 radical (unpaired) electrons. The molecule has 0 fully saturated rings. The third kappa shape index (κ3) is 3.34. The van der Waals surface area contributed by atoms with Crippen LogP contribution in [0.3, 0.4) is 0 Å². The lowest BCUT2D eigenvalue weighted by Crippen LogP contribution is -2.26. The van der Waals surface area contributed by atoms with Crippen LogP contribution < -0.4 is 10.7 Å². The molecular formula is C11H16N3O2+. The first kappa shape index (κ1) is 12.2. The maximum Gasteiger partial charge on any atom is 0.340 e. The van der Waals surface area contributed by atoms with Gasteiger partial charge in [0.15, 0.2) is 6.20 Å². The zero-order valence-corrected chi connectivity index (χ0v) is 9.65. The van der Waals surface area contributed by atoms with Gasteiger partial charge in [-0.1, -0.05) is 5.16 Å². The number of amidine groups is 1. The Hall–Kier alpha value is -1.91. The van der Waals surface area contributed by atoms with E-state index in [0.29, 0.717) is 5.69 Å². The summed E-state index contributed by atoms with van der Waals surface area (Å²) in [6.45, 7) is 5.24. The SMILES string of the molecule is CC(C)(C)C(=O)ON=C(N)c1cccc[nH+]1. The summed E-state index contributed by atoms with van der Waals surface area (Å²) in [6, 6.07) is 5.36. The van der Waals surface area contributed by atoms with E-state index in [1.54, 1.807) is 39.1 Å². The van der Waals surface area contributed by atoms with Gasteiger partial charge in [-0.2, -0.15) is 0 Å². The Labute approximate surface area is 94.3 Å². The predicted octanol–water partition coefficient (Wildman–Crippen LogP) is 0.710. The highest BCUT2D eigenvalue weighted by atomic mass is 16.7. The summed E-state index contributed by atoms with van der Waals surface area (Å²) in [4.78, 5) is 19.0. The summed E-state index contributed by atoms with van der Waals surface area (Å²) in [6.07, 6.45) is 1.71. The highest BCUT2D eigenvalue weighted by molar-refractivity contribution is 5.94. The highest BCUT2D eigenvalue weighted by Crippen LogP contribution is 2.15. The van der Waals surface area contributed by atoms with Crippen LogP contribution >= 0.6 is 0 Å². The summed E-state index contributed by atoms with van der Waals surface area (Å²) in [7, 11) is 0. The fourth-order valence-electron chi connectivity index (χ4n) is 0.829. The van der Waals surface area contributed by atoms with Gasteiger partial charge < -0.3 is 10.6 Å². The first-order valence-electron chi connectivity index (χ1n) is 4.93. The molecule has 16 heavy (non-hydrogen) atoms. The molecule has 0 bridgehead atoms. The molecule has 0 aliphatic carbocycles. The highest BCUT2D eigenvalue weighted by Gasteiger charge is 2.24. The van der Waals surface area contributed by atoms with Crippen molar-refractivity contribution in [2.24, 2.45) is 16.3 Å². The van der Waals surface area contributed by atoms with Gasteiger partial charge in [-0.05, 0) is 26.8 Å². The van der Waals surface area contributed by atoms with Crippen molar-refractivity contribution >= 4 is 11.8 Å². The van der Waals surface area contributed by atoms with Crippen LogP contribution in [0.1, 0.15) is 26.5 Å². The number of hydrogen-bond donors (Lipinski definition) is 1. The fraction of sp³-hybridized carbons (Fsp3) is 0.364. The van der Waals surface area contributed by atoms with Crippen molar-refractivity contribution in [3.63, 3.8) is 0 Å². The van der Waals surface area contributed by atoms with Crippen LogP contribution in [-0.2, 0) is 9.63 Å². The lowest BCUT2D eigenvalue weighted by atomic mass is 9.98. The first-order valence-corrected chi connectivity index (χ1v) is 4.93. The molecule has 5 nitrogen and oxygen atoms in total. The summed E-state index contributed by atoms with van der Waals surface area (Å²) >= 11 is 0. The molecule has 0 aliphatic heterocycles. The number of nitrogens with two attached hydrogens (primary N) is 1. The van der Waals surface area contributed by atoms with E-state index in [4.69, 9.17) is 10.6 Å². The van der Waals surface area contributed by atoms with E-state index in [-0.39, 0.29) is 5.84 Å². The van der Waals surface area contributed by atoms with Crippen molar-refractivity contribution in [1.29, 1.82) is 0 Å². The number of carbonyl (C=O) groups excluding carboxylic acids is 1. The van der Waals surface area contributed by atoms with Gasteiger partial charge in [-0.25, -0.2) is 9.78 Å². The van der Waals surface area contributed by atoms with Crippen LogP contribution in [0.25, 0.3) is 0 Å². The minimum Gasteiger partial charge on any atom is -0.375 e. The van der Waals surface area contributed by atoms with Gasteiger partial charge in [0.25, 0.3) is 0 Å². The van der Waals surface area contributed by atoms with Gasteiger partial charge in [0.2, 0.25) is 11.5 Å². The molecule has 1 heterocycles. The van der Waals surface area contributed by atoms with Crippen LogP contribution in [0.5, 0.6) is 0 Å². The minimum absolute atomic E-state index is 0.137. The first-order chi connectivity index (χ1) is 7.41. The van der Waals surface area contributed by atoms with Crippen molar-refractivity contribution in [2.45, 2.75) is 20.8 Å². The van der Waals surface area contributed by atoms with Crippen LogP contribution in [0.15, 0.2) is 29.6 Å². The number of pyridine rings is 1. The minimum atomic E-state index is -0.593. The van der Waals surface area contributed by atoms with Crippen LogP contribution in [0.2, 0.25) is 0 Å². The van der Waals surface area contributed by atoms with Gasteiger partial charge in [0.1, 0.15) is 0 Å². The number of rotatable bonds is 2. The average Bonchev–Trinajstić information content (AvgIpc) is 2.25. The lowest BCUT2D eigenvalue weighted by Gasteiger charge is -2.12. The van der Waals surface area contributed by atoms with Crippen molar-refractivity contribution in [2.75, 3.05) is 0 Å². The Morgan fingerprint density at radius 3 is 2.62 bits per heavy atom. The van der Waals surface area contributed by atoms with E-state index in [9.17, 15) is 4.79 Å². The second-order valence-electron chi connectivity index (χ2n) is 4.38. The smallest absolute Gasteiger partial charge is 0.340 e. The molecule has 0 unspecified atom stereocenters. The van der Waals surface area contributed by atoms with Crippen LogP contribution in [0.4, 0.5) is 0 Å². The van der Waals surface area contributed by atoms with Crippen LogP contribution in [-0.4, -0.2) is 11.8 Å². The number of nitrogens with one attached hydrogen (secondary N) is 1. The van der Waals surface area contributed by atoms with E-state index < -0.39 is 11.4 Å². The molecule has 0 spiro atoms. The van der Waals surface area contributed by atoms with Gasteiger partial charge in [-0.3, -0.25) is 0 Å². The van der Waals surface area contributed by atoms with E-state index in [0.717, 1.165) is 0 Å². The maximum absolute atomic E-state index is 11.4. The van der Waals surface area contributed by atoms with E-state index in [1.165, 1.54) is 0 Å². The third-order valence-electron chi connectivity index (χ3n) is 1.82. The topological polar surface area (TPSA) is 78.8 Å². The fourth-order valence-corrected chi connectivity index (χ4v) is 0.829. The molecule has 0 aliphatic rings. The molecule has 0 amide bonds. The average molecular weight is 222 g/mol. The Balaban J connectivity index is 2.70. The summed E-state index contributed by atoms with van der Waals surface area (Å²) < 4.78 is 0. The number of H-pyrrole nitrogens is 1. The second-order valence-corrected chi connectivity index (χ2v) is 4.38. The monoisotopic (exact) mass is 222 g/mol. The number of nitrogens with zero attached hydrogens (tertiary/aromatic N) is 1. The second kappa shape index (κ2) is 4.74. The van der Waals surface area contributed by atoms with Gasteiger partial charge in [0, 0.05) is 12.1 Å². The molecule has 0 saturated carbocycles. The summed E-state index contributed by atoms with van der Waals surface area (Å²) in [5.74, 6) is -0.287. The summed E-state index contributed by atoms with van der Waals surface area (Å²) in [5, 5.41) is 3.57. The number of carbonyl (C=O) groups is 1. The molecule has 1 aromatic heterocycles. The Morgan fingerprint density at radius 2 is 2.12 bits per heavy atom. The van der Waals surface area contributed by atoms with Gasteiger partial charge in [0.05, 0.1) is 5.41 Å². The quantitative estimate of drug-likeness (QED) is 0.346. The van der Waals surface area contributed by atoms with Crippen molar-refractivity contribution in [1.82, 2.24) is 0 Å². The third-order valence-corrected chi connectivity index (χ3v) is 1.82. The predicted molar refractivity (Wildman–Crippen MR) is 59.3 cm³/mol. The Kier molecular flexibility index (Phi) is 3.60. The van der Waals surface area contributed by atoms with Crippen molar-refractivity contribution in [3.8, 4) is 0 Å². The van der Waals surface area contributed by atoms with E-state index in [2.05, 4.69) is 10.1 Å². The number of aromatic nitrogens is 1. The Morgan fingerprint density at radius 1 is 1.44 bits per heavy atom. The summed E-state index contributed by atoms with van der Waals surface area (Å²) in [5.41, 5.74) is 5.64. The number of aromatic amines is 1. The molecule has 1 rings (SSSR count). The Bertz CT molecular complexity index is 393. The molecule has 0 aromatic carbocycles. The zero-order chi connectivity index (χ0) is 12.2. The molecular weight excluding hydrogens is 206 g/mol. The molecule has 1 aromatic rings. The maximum atomic E-state index is 11.4. The van der Waals surface area contributed by atoms with Gasteiger partial charge >= 0.3 is 5.97 Å². The lowest BCUT2D eigenvalue weighted by molar-refractivity contribution is -0.380. The number of oxime groups is 1. The van der Waals surface area contributed by atoms with Gasteiger partial charge in [-0.15, -0.1) is 0 Å². The van der Waals surface area contributed by atoms with Crippen molar-refractivity contribution in [3.05, 3.63) is 30.1 Å². The largest absolute Gasteiger partial charge is 0.375 e. The molecule has 0 atom stereocenters. The van der Waals surface area contributed by atoms with Crippen molar-refractivity contribution < 1.29 is 14.6 Å². The normalized spacial score (nSPS) is 12.3. The number of hydrogen-bond acceptors (Lipinski definition) is 3. The molecule has 0 saturated heterocycles. The van der Waals surface area contributed by atoms with Crippen LogP contribution in [0, 0.1) is 5.41 Å². The molecule has 5 heteroatoms. The molecule has 86 valence electrons.